The number of carbonyl (C=O) groups is 1. The van der Waals surface area contributed by atoms with Gasteiger partial charge in [0.05, 0.1) is 12.5 Å². The van der Waals surface area contributed by atoms with Crippen LogP contribution in [0, 0.1) is 23.7 Å². The van der Waals surface area contributed by atoms with Crippen molar-refractivity contribution in [2.24, 2.45) is 23.7 Å². The first-order valence-corrected chi connectivity index (χ1v) is 4.87. The van der Waals surface area contributed by atoms with Crippen LogP contribution in [0.4, 0.5) is 0 Å². The summed E-state index contributed by atoms with van der Waals surface area (Å²) in [6, 6.07) is 0. The monoisotopic (exact) mass is 186 g/mol. The van der Waals surface area contributed by atoms with Crippen molar-refractivity contribution in [3.8, 4) is 0 Å². The third-order valence-corrected chi connectivity index (χ3v) is 2.71. The fraction of sp³-hybridized carbons (Fsp3) is 0.900. The molecule has 1 aliphatic heterocycles. The molecule has 0 saturated carbocycles. The summed E-state index contributed by atoms with van der Waals surface area (Å²) in [5.74, 6) is 0.860. The first-order chi connectivity index (χ1) is 6.04. The summed E-state index contributed by atoms with van der Waals surface area (Å²) in [6.45, 7) is 8.86. The third kappa shape index (κ3) is 2.21. The second-order valence-corrected chi connectivity index (χ2v) is 4.36. The van der Waals surface area contributed by atoms with Crippen LogP contribution in [0.1, 0.15) is 27.7 Å². The molecule has 1 heterocycles. The van der Waals surface area contributed by atoms with Gasteiger partial charge < -0.3 is 0 Å². The molecule has 1 saturated heterocycles. The Labute approximate surface area is 79.3 Å². The molecule has 1 aliphatic rings. The molecule has 0 bridgehead atoms. The van der Waals surface area contributed by atoms with Gasteiger partial charge in [-0.15, -0.1) is 0 Å². The highest BCUT2D eigenvalue weighted by molar-refractivity contribution is 5.73. The maximum atomic E-state index is 11.4. The first kappa shape index (κ1) is 10.5. The molecule has 0 aromatic heterocycles. The molecule has 0 N–H and O–H groups in total. The lowest BCUT2D eigenvalue weighted by atomic mass is 9.77. The zero-order valence-corrected chi connectivity index (χ0v) is 8.74. The van der Waals surface area contributed by atoms with Gasteiger partial charge >= 0.3 is 5.97 Å². The Morgan fingerprint density at radius 1 is 1.23 bits per heavy atom. The molecule has 1 fully saturated rings. The van der Waals surface area contributed by atoms with E-state index in [2.05, 4.69) is 18.7 Å². The molecule has 3 nitrogen and oxygen atoms in total. The summed E-state index contributed by atoms with van der Waals surface area (Å²) in [5.41, 5.74) is 0. The molecule has 0 aliphatic carbocycles. The van der Waals surface area contributed by atoms with E-state index in [9.17, 15) is 4.79 Å². The van der Waals surface area contributed by atoms with Gasteiger partial charge in [0, 0.05) is 5.92 Å². The van der Waals surface area contributed by atoms with Crippen molar-refractivity contribution in [1.82, 2.24) is 0 Å². The Kier molecular flexibility index (Phi) is 3.31. The van der Waals surface area contributed by atoms with Crippen molar-refractivity contribution in [2.75, 3.05) is 6.61 Å². The molecule has 0 radical (unpaired) electrons. The van der Waals surface area contributed by atoms with E-state index in [0.717, 1.165) is 0 Å². The molecule has 13 heavy (non-hydrogen) atoms. The summed E-state index contributed by atoms with van der Waals surface area (Å²) < 4.78 is 0. The van der Waals surface area contributed by atoms with Gasteiger partial charge in [-0.3, -0.25) is 4.89 Å². The molecule has 3 heteroatoms. The van der Waals surface area contributed by atoms with E-state index >= 15 is 0 Å². The predicted molar refractivity (Wildman–Crippen MR) is 48.7 cm³/mol. The summed E-state index contributed by atoms with van der Waals surface area (Å²) in [4.78, 5) is 20.8. The number of hydrogen-bond acceptors (Lipinski definition) is 3. The second kappa shape index (κ2) is 4.09. The van der Waals surface area contributed by atoms with Crippen molar-refractivity contribution in [1.29, 1.82) is 0 Å². The van der Waals surface area contributed by atoms with E-state index in [-0.39, 0.29) is 11.9 Å². The molecular weight excluding hydrogens is 168 g/mol. The van der Waals surface area contributed by atoms with Crippen LogP contribution < -0.4 is 0 Å². The van der Waals surface area contributed by atoms with E-state index in [1.807, 2.05) is 13.8 Å². The van der Waals surface area contributed by atoms with E-state index in [4.69, 9.17) is 4.89 Å². The maximum absolute atomic E-state index is 11.4. The van der Waals surface area contributed by atoms with Gasteiger partial charge in [0.15, 0.2) is 0 Å². The molecule has 76 valence electrons. The third-order valence-electron chi connectivity index (χ3n) is 2.71. The molecule has 1 rings (SSSR count). The van der Waals surface area contributed by atoms with Crippen molar-refractivity contribution in [2.45, 2.75) is 27.7 Å². The smallest absolute Gasteiger partial charge is 0.298 e. The minimum Gasteiger partial charge on any atom is -0.298 e. The largest absolute Gasteiger partial charge is 0.346 e. The van der Waals surface area contributed by atoms with Crippen LogP contribution in [0.2, 0.25) is 0 Å². The SMILES string of the molecule is CC(C)C1C(=O)OOC[C@H]1C(C)C. The zero-order chi connectivity index (χ0) is 10.0. The van der Waals surface area contributed by atoms with Gasteiger partial charge in [0.2, 0.25) is 0 Å². The lowest BCUT2D eigenvalue weighted by Crippen LogP contribution is -2.40. The minimum absolute atomic E-state index is 0.00579. The normalized spacial score (nSPS) is 29.5. The van der Waals surface area contributed by atoms with Crippen LogP contribution in [-0.2, 0) is 14.6 Å². The van der Waals surface area contributed by atoms with Crippen LogP contribution in [0.5, 0.6) is 0 Å². The van der Waals surface area contributed by atoms with Crippen molar-refractivity contribution in [3.63, 3.8) is 0 Å². The van der Waals surface area contributed by atoms with Crippen molar-refractivity contribution in [3.05, 3.63) is 0 Å². The van der Waals surface area contributed by atoms with Crippen LogP contribution in [0.25, 0.3) is 0 Å². The summed E-state index contributed by atoms with van der Waals surface area (Å²) >= 11 is 0. The average Bonchev–Trinajstić information content (AvgIpc) is 2.02. The quantitative estimate of drug-likeness (QED) is 0.619. The van der Waals surface area contributed by atoms with Gasteiger partial charge in [-0.1, -0.05) is 27.7 Å². The topological polar surface area (TPSA) is 35.5 Å². The first-order valence-electron chi connectivity index (χ1n) is 4.87. The van der Waals surface area contributed by atoms with Gasteiger partial charge in [-0.05, 0) is 11.8 Å². The lowest BCUT2D eigenvalue weighted by molar-refractivity contribution is -0.308. The summed E-state index contributed by atoms with van der Waals surface area (Å²) in [5, 5.41) is 0. The van der Waals surface area contributed by atoms with Crippen LogP contribution >= 0.6 is 0 Å². The molecule has 2 atom stereocenters. The molecular formula is C10H18O3. The minimum atomic E-state index is -0.208. The maximum Gasteiger partial charge on any atom is 0.346 e. The van der Waals surface area contributed by atoms with E-state index in [1.54, 1.807) is 0 Å². The Bertz CT molecular complexity index is 187. The highest BCUT2D eigenvalue weighted by Gasteiger charge is 2.38. The number of carbonyl (C=O) groups excluding carboxylic acids is 1. The number of rotatable bonds is 2. The van der Waals surface area contributed by atoms with Crippen molar-refractivity contribution < 1.29 is 14.6 Å². The average molecular weight is 186 g/mol. The summed E-state index contributed by atoms with van der Waals surface area (Å²) in [7, 11) is 0. The van der Waals surface area contributed by atoms with E-state index < -0.39 is 0 Å². The van der Waals surface area contributed by atoms with Gasteiger partial charge in [-0.2, -0.15) is 4.89 Å². The zero-order valence-electron chi connectivity index (χ0n) is 8.74. The molecule has 1 unspecified atom stereocenters. The Hall–Kier alpha value is -0.570. The molecule has 0 spiro atoms. The van der Waals surface area contributed by atoms with Crippen molar-refractivity contribution >= 4 is 5.97 Å². The molecule has 0 aromatic carbocycles. The Morgan fingerprint density at radius 2 is 1.85 bits per heavy atom. The summed E-state index contributed by atoms with van der Waals surface area (Å²) in [6.07, 6.45) is 0. The molecule has 0 amide bonds. The fourth-order valence-corrected chi connectivity index (χ4v) is 1.88. The standard InChI is InChI=1S/C10H18O3/c1-6(2)8-5-12-13-10(11)9(8)7(3)4/h6-9H,5H2,1-4H3/t8-,9?/m0/s1. The van der Waals surface area contributed by atoms with E-state index in [1.165, 1.54) is 0 Å². The highest BCUT2D eigenvalue weighted by Crippen LogP contribution is 2.31. The van der Waals surface area contributed by atoms with Gasteiger partial charge in [0.25, 0.3) is 0 Å². The van der Waals surface area contributed by atoms with Crippen LogP contribution in [0.15, 0.2) is 0 Å². The molecule has 0 aromatic rings. The second-order valence-electron chi connectivity index (χ2n) is 4.36. The Morgan fingerprint density at radius 3 is 2.23 bits per heavy atom. The number of hydrogen-bond donors (Lipinski definition) is 0. The predicted octanol–water partition coefficient (Wildman–Crippen LogP) is 2.02. The highest BCUT2D eigenvalue weighted by atomic mass is 17.2. The Balaban J connectivity index is 2.74. The lowest BCUT2D eigenvalue weighted by Gasteiger charge is -2.33. The van der Waals surface area contributed by atoms with Crippen LogP contribution in [0.3, 0.4) is 0 Å². The van der Waals surface area contributed by atoms with Gasteiger partial charge in [-0.25, -0.2) is 4.79 Å². The fourth-order valence-electron chi connectivity index (χ4n) is 1.88. The van der Waals surface area contributed by atoms with Crippen LogP contribution in [-0.4, -0.2) is 12.6 Å². The van der Waals surface area contributed by atoms with E-state index in [0.29, 0.717) is 24.4 Å². The van der Waals surface area contributed by atoms with Gasteiger partial charge in [0.1, 0.15) is 0 Å².